The molecule has 46 heavy (non-hydrogen) atoms. The second kappa shape index (κ2) is 13.5. The Morgan fingerprint density at radius 1 is 0.717 bits per heavy atom. The molecule has 17 unspecified atom stereocenters. The van der Waals surface area contributed by atoms with Gasteiger partial charge >= 0.3 is 5.97 Å². The number of hydrogen-bond donors (Lipinski definition) is 11. The van der Waals surface area contributed by atoms with Gasteiger partial charge in [-0.3, -0.25) is 0 Å². The lowest BCUT2D eigenvalue weighted by Crippen LogP contribution is -2.66. The molecule has 0 aromatic rings. The summed E-state index contributed by atoms with van der Waals surface area (Å²) in [4.78, 5) is 12.9. The molecule has 3 saturated heterocycles. The van der Waals surface area contributed by atoms with Gasteiger partial charge in [-0.2, -0.15) is 0 Å². The predicted octanol–water partition coefficient (Wildman–Crippen LogP) is -4.28. The normalized spacial score (nSPS) is 48.2. The van der Waals surface area contributed by atoms with Crippen LogP contribution in [0.3, 0.4) is 0 Å². The van der Waals surface area contributed by atoms with Crippen molar-refractivity contribution in [2.75, 3.05) is 6.61 Å². The van der Waals surface area contributed by atoms with Crippen molar-refractivity contribution < 1.29 is 94.1 Å². The van der Waals surface area contributed by atoms with Gasteiger partial charge < -0.3 is 89.3 Å². The number of esters is 1. The molecule has 19 heteroatoms. The Morgan fingerprint density at radius 2 is 1.26 bits per heavy atom. The van der Waals surface area contributed by atoms with Crippen LogP contribution in [0.4, 0.5) is 0 Å². The van der Waals surface area contributed by atoms with Crippen LogP contribution in [0.1, 0.15) is 13.8 Å². The van der Waals surface area contributed by atoms with E-state index in [1.165, 1.54) is 13.8 Å². The molecule has 0 aromatic carbocycles. The molecule has 4 heterocycles. The van der Waals surface area contributed by atoms with Crippen LogP contribution < -0.4 is 0 Å². The van der Waals surface area contributed by atoms with Crippen LogP contribution in [0.2, 0.25) is 0 Å². The van der Waals surface area contributed by atoms with Crippen LogP contribution >= 0.6 is 0 Å². The summed E-state index contributed by atoms with van der Waals surface area (Å²) in [6.45, 7) is 1.80. The Hall–Kier alpha value is -2.63. The molecule has 0 radical (unpaired) electrons. The number of aliphatic hydroxyl groups excluding tert-OH is 11. The van der Waals surface area contributed by atoms with Crippen molar-refractivity contribution in [3.05, 3.63) is 35.2 Å². The fourth-order valence-corrected chi connectivity index (χ4v) is 5.77. The Bertz CT molecular complexity index is 1220. The van der Waals surface area contributed by atoms with Gasteiger partial charge in [0.25, 0.3) is 0 Å². The third-order valence-corrected chi connectivity index (χ3v) is 8.47. The van der Waals surface area contributed by atoms with E-state index in [1.54, 1.807) is 0 Å². The first-order chi connectivity index (χ1) is 21.6. The number of fused-ring (bicyclic) bond motifs is 1. The van der Waals surface area contributed by atoms with Crippen LogP contribution in [-0.2, 0) is 38.0 Å². The highest BCUT2D eigenvalue weighted by molar-refractivity contribution is 5.88. The van der Waals surface area contributed by atoms with Crippen molar-refractivity contribution in [2.45, 2.75) is 112 Å². The molecule has 4 aliphatic heterocycles. The second-order valence-corrected chi connectivity index (χ2v) is 11.6. The molecule has 0 saturated carbocycles. The van der Waals surface area contributed by atoms with Gasteiger partial charge in [0.15, 0.2) is 24.4 Å². The largest absolute Gasteiger partial charge is 0.511 e. The Labute approximate surface area is 260 Å². The fraction of sp³-hybridized carbons (Fsp3) is 0.741. The fourth-order valence-electron chi connectivity index (χ4n) is 5.77. The Morgan fingerprint density at radius 3 is 1.80 bits per heavy atom. The maximum absolute atomic E-state index is 12.9. The van der Waals surface area contributed by atoms with Gasteiger partial charge in [0, 0.05) is 6.08 Å². The van der Waals surface area contributed by atoms with Crippen molar-refractivity contribution in [2.24, 2.45) is 5.92 Å². The number of aliphatic hydroxyl groups is 11. The van der Waals surface area contributed by atoms with Crippen molar-refractivity contribution in [1.82, 2.24) is 0 Å². The van der Waals surface area contributed by atoms with Gasteiger partial charge in [0.1, 0.15) is 78.5 Å². The van der Waals surface area contributed by atoms with E-state index in [4.69, 9.17) is 33.2 Å². The molecule has 17 atom stereocenters. The molecule has 0 aromatic heterocycles. The van der Waals surface area contributed by atoms with Gasteiger partial charge in [-0.1, -0.05) is 0 Å². The molecule has 11 N–H and O–H groups in total. The summed E-state index contributed by atoms with van der Waals surface area (Å²) in [5, 5.41) is 114. The summed E-state index contributed by atoms with van der Waals surface area (Å²) in [6, 6.07) is 0. The predicted molar refractivity (Wildman–Crippen MR) is 142 cm³/mol. The topological polar surface area (TPSA) is 304 Å². The molecule has 1 aliphatic carbocycles. The number of allylic oxidation sites excluding steroid dienone is 1. The van der Waals surface area contributed by atoms with Gasteiger partial charge in [-0.25, -0.2) is 4.79 Å². The quantitative estimate of drug-likeness (QED) is 0.115. The number of carbonyl (C=O) groups is 1. The number of hydrogen-bond acceptors (Lipinski definition) is 19. The molecular weight excluding hydrogens is 628 g/mol. The van der Waals surface area contributed by atoms with E-state index in [0.717, 1.165) is 12.2 Å². The smallest absolute Gasteiger partial charge is 0.377 e. The summed E-state index contributed by atoms with van der Waals surface area (Å²) >= 11 is 0. The average Bonchev–Trinajstić information content (AvgIpc) is 3.00. The third kappa shape index (κ3) is 6.31. The zero-order chi connectivity index (χ0) is 33.8. The zero-order valence-electron chi connectivity index (χ0n) is 24.4. The molecule has 5 rings (SSSR count). The molecule has 0 amide bonds. The van der Waals surface area contributed by atoms with E-state index in [-0.39, 0.29) is 0 Å². The van der Waals surface area contributed by atoms with E-state index in [1.807, 2.05) is 0 Å². The molecular formula is C27H38O19. The van der Waals surface area contributed by atoms with Gasteiger partial charge in [0.05, 0.1) is 18.8 Å². The van der Waals surface area contributed by atoms with Crippen molar-refractivity contribution >= 4 is 5.97 Å². The molecule has 5 aliphatic rings. The van der Waals surface area contributed by atoms with Crippen LogP contribution in [-0.4, -0.2) is 167 Å². The van der Waals surface area contributed by atoms with E-state index >= 15 is 0 Å². The van der Waals surface area contributed by atoms with Crippen molar-refractivity contribution in [3.8, 4) is 0 Å². The molecule has 260 valence electrons. The summed E-state index contributed by atoms with van der Waals surface area (Å²) in [5.74, 6) is -5.57. The number of carbonyl (C=O) groups excluding carboxylic acids is 1. The third-order valence-electron chi connectivity index (χ3n) is 8.47. The number of ether oxygens (including phenoxy) is 7. The van der Waals surface area contributed by atoms with Gasteiger partial charge in [0.2, 0.25) is 12.0 Å². The van der Waals surface area contributed by atoms with E-state index in [2.05, 4.69) is 0 Å². The second-order valence-electron chi connectivity index (χ2n) is 11.6. The zero-order valence-corrected chi connectivity index (χ0v) is 24.4. The minimum absolute atomic E-state index is 0.445. The average molecular weight is 667 g/mol. The van der Waals surface area contributed by atoms with Crippen molar-refractivity contribution in [1.29, 1.82) is 0 Å². The van der Waals surface area contributed by atoms with E-state index in [9.17, 15) is 61.0 Å². The molecule has 19 nitrogen and oxygen atoms in total. The van der Waals surface area contributed by atoms with Gasteiger partial charge in [-0.05, 0) is 19.9 Å². The number of rotatable bonds is 7. The minimum Gasteiger partial charge on any atom is -0.511 e. The lowest BCUT2D eigenvalue weighted by molar-refractivity contribution is -0.386. The molecule has 0 bridgehead atoms. The highest BCUT2D eigenvalue weighted by atomic mass is 16.8. The first kappa shape index (κ1) is 34.7. The van der Waals surface area contributed by atoms with Gasteiger partial charge in [-0.15, -0.1) is 0 Å². The first-order valence-corrected chi connectivity index (χ1v) is 14.4. The van der Waals surface area contributed by atoms with Crippen LogP contribution in [0.25, 0.3) is 0 Å². The lowest BCUT2D eigenvalue weighted by atomic mass is 9.90. The maximum Gasteiger partial charge on any atom is 0.377 e. The highest BCUT2D eigenvalue weighted by Gasteiger charge is 2.55. The van der Waals surface area contributed by atoms with E-state index in [0.29, 0.717) is 0 Å². The lowest BCUT2D eigenvalue weighted by Gasteiger charge is -2.48. The highest BCUT2D eigenvalue weighted by Crippen LogP contribution is 2.39. The SMILES string of the molecule is CC1OC(OC2C(OC3=C(O)C4C(O)=CC(O)=CC4OC3=O)OC(CO)C(O)C2OC2OC(C)C(O)C(O)C2O)C(O)C(O)C1O. The maximum atomic E-state index is 12.9. The van der Waals surface area contributed by atoms with Crippen molar-refractivity contribution in [3.63, 3.8) is 0 Å². The summed E-state index contributed by atoms with van der Waals surface area (Å²) in [7, 11) is 0. The standard InChI is InChI=1S/C27H38O19/c1-6-13(31)17(35)19(37)25(40-6)44-21-15(33)11(5-28)43-27(23(21)46-26-20(38)18(36)14(32)7(2)41-26)45-22-16(34)12-9(30)3-8(29)4-10(12)42-24(22)39/h3-4,6-7,10-15,17-21,23,25-38H,5H2,1-2H3. The van der Waals surface area contributed by atoms with E-state index < -0.39 is 140 Å². The summed E-state index contributed by atoms with van der Waals surface area (Å²) in [5.41, 5.74) is 0. The monoisotopic (exact) mass is 666 g/mol. The summed E-state index contributed by atoms with van der Waals surface area (Å²) in [6.07, 6.45) is -24.7. The Kier molecular flexibility index (Phi) is 10.2. The van der Waals surface area contributed by atoms with Crippen LogP contribution in [0, 0.1) is 5.92 Å². The first-order valence-electron chi connectivity index (χ1n) is 14.4. The summed E-state index contributed by atoms with van der Waals surface area (Å²) < 4.78 is 39.2. The van der Waals surface area contributed by atoms with Crippen LogP contribution in [0.5, 0.6) is 0 Å². The Balaban J connectivity index is 1.51. The minimum atomic E-state index is -1.98. The molecule has 0 spiro atoms. The molecule has 3 fully saturated rings. The van der Waals surface area contributed by atoms with Crippen LogP contribution in [0.15, 0.2) is 35.2 Å².